The second-order valence-corrected chi connectivity index (χ2v) is 16.7. The van der Waals surface area contributed by atoms with Crippen molar-refractivity contribution in [2.45, 2.75) is 258 Å². The average Bonchev–Trinajstić information content (AvgIpc) is 3.23. The molecule has 0 fully saturated rings. The fraction of sp³-hybridized carbons (Fsp3) is 0.792. The zero-order valence-corrected chi connectivity index (χ0v) is 39.0. The molecule has 0 unspecified atom stereocenters. The van der Waals surface area contributed by atoms with Crippen molar-refractivity contribution in [2.24, 2.45) is 0 Å². The van der Waals surface area contributed by atoms with E-state index in [1.165, 1.54) is 128 Å². The van der Waals surface area contributed by atoms with Crippen molar-refractivity contribution in [3.63, 3.8) is 0 Å². The van der Waals surface area contributed by atoms with Crippen LogP contribution in [0.15, 0.2) is 48.6 Å². The van der Waals surface area contributed by atoms with Crippen LogP contribution in [0.5, 0.6) is 0 Å². The Morgan fingerprint density at radius 2 is 0.610 bits per heavy atom. The Morgan fingerprint density at radius 1 is 0.339 bits per heavy atom. The Kier molecular flexibility index (Phi) is 45.9. The summed E-state index contributed by atoms with van der Waals surface area (Å²) < 4.78 is 16.7. The van der Waals surface area contributed by atoms with E-state index in [0.717, 1.165) is 83.5 Å². The Hall–Kier alpha value is -2.63. The number of carbonyl (C=O) groups excluding carboxylic acids is 3. The summed E-state index contributed by atoms with van der Waals surface area (Å²) in [4.78, 5) is 37.8. The Bertz CT molecular complexity index is 1040. The maximum absolute atomic E-state index is 12.7. The zero-order valence-electron chi connectivity index (χ0n) is 39.0. The van der Waals surface area contributed by atoms with Gasteiger partial charge in [0.25, 0.3) is 0 Å². The normalized spacial score (nSPS) is 12.4. The van der Waals surface area contributed by atoms with Gasteiger partial charge in [0, 0.05) is 19.3 Å². The van der Waals surface area contributed by atoms with Gasteiger partial charge in [-0.25, -0.2) is 0 Å². The number of esters is 3. The summed E-state index contributed by atoms with van der Waals surface area (Å²) in [5, 5.41) is 0. The molecule has 6 nitrogen and oxygen atoms in total. The molecule has 0 saturated carbocycles. The van der Waals surface area contributed by atoms with Crippen LogP contribution in [0.4, 0.5) is 0 Å². The van der Waals surface area contributed by atoms with Gasteiger partial charge in [0.15, 0.2) is 6.10 Å². The van der Waals surface area contributed by atoms with Gasteiger partial charge in [-0.1, -0.05) is 217 Å². The van der Waals surface area contributed by atoms with Crippen LogP contribution in [0, 0.1) is 0 Å². The minimum atomic E-state index is -0.780. The molecule has 0 amide bonds. The molecule has 0 aliphatic carbocycles. The summed E-state index contributed by atoms with van der Waals surface area (Å²) in [6.07, 6.45) is 56.6. The molecule has 6 heteroatoms. The van der Waals surface area contributed by atoms with Crippen molar-refractivity contribution < 1.29 is 28.6 Å². The molecule has 0 rings (SSSR count). The van der Waals surface area contributed by atoms with Gasteiger partial charge in [-0.05, 0) is 64.2 Å². The second-order valence-electron chi connectivity index (χ2n) is 16.7. The lowest BCUT2D eigenvalue weighted by Gasteiger charge is -2.18. The summed E-state index contributed by atoms with van der Waals surface area (Å²) in [7, 11) is 0. The molecule has 0 aromatic carbocycles. The van der Waals surface area contributed by atoms with Crippen molar-refractivity contribution in [2.75, 3.05) is 13.2 Å². The molecule has 0 aliphatic heterocycles. The molecular weight excluding hydrogens is 733 g/mol. The highest BCUT2D eigenvalue weighted by atomic mass is 16.6. The molecule has 0 radical (unpaired) electrons. The van der Waals surface area contributed by atoms with Crippen LogP contribution in [-0.4, -0.2) is 37.2 Å². The summed E-state index contributed by atoms with van der Waals surface area (Å²) in [6.45, 7) is 6.57. The van der Waals surface area contributed by atoms with Gasteiger partial charge in [-0.2, -0.15) is 0 Å². The van der Waals surface area contributed by atoms with Crippen molar-refractivity contribution >= 4 is 17.9 Å². The lowest BCUT2D eigenvalue weighted by Crippen LogP contribution is -2.30. The molecule has 0 aliphatic rings. The van der Waals surface area contributed by atoms with Gasteiger partial charge in [0.1, 0.15) is 13.2 Å². The van der Waals surface area contributed by atoms with Crippen molar-refractivity contribution in [1.82, 2.24) is 0 Å². The fourth-order valence-corrected chi connectivity index (χ4v) is 7.01. The number of carbonyl (C=O) groups is 3. The number of rotatable bonds is 45. The molecule has 0 aromatic rings. The highest BCUT2D eigenvalue weighted by Crippen LogP contribution is 2.15. The maximum Gasteiger partial charge on any atom is 0.306 e. The van der Waals surface area contributed by atoms with E-state index in [1.807, 2.05) is 0 Å². The maximum atomic E-state index is 12.7. The Labute approximate surface area is 365 Å². The van der Waals surface area contributed by atoms with Gasteiger partial charge in [-0.3, -0.25) is 14.4 Å². The van der Waals surface area contributed by atoms with E-state index < -0.39 is 6.10 Å². The van der Waals surface area contributed by atoms with Gasteiger partial charge in [0.05, 0.1) is 0 Å². The van der Waals surface area contributed by atoms with Crippen LogP contribution >= 0.6 is 0 Å². The molecular formula is C53H94O6. The van der Waals surface area contributed by atoms with Gasteiger partial charge < -0.3 is 14.2 Å². The fourth-order valence-electron chi connectivity index (χ4n) is 7.01. The molecule has 0 spiro atoms. The third-order valence-electron chi connectivity index (χ3n) is 10.8. The minimum absolute atomic E-state index is 0.0801. The summed E-state index contributed by atoms with van der Waals surface area (Å²) >= 11 is 0. The number of ether oxygens (including phenoxy) is 3. The Morgan fingerprint density at radius 3 is 0.983 bits per heavy atom. The lowest BCUT2D eigenvalue weighted by molar-refractivity contribution is -0.167. The molecule has 0 N–H and O–H groups in total. The molecule has 59 heavy (non-hydrogen) atoms. The number of hydrogen-bond acceptors (Lipinski definition) is 6. The molecule has 0 saturated heterocycles. The predicted octanol–water partition coefficient (Wildman–Crippen LogP) is 16.3. The van der Waals surface area contributed by atoms with E-state index in [2.05, 4.69) is 69.4 Å². The number of unbranched alkanes of at least 4 members (excludes halogenated alkanes) is 26. The van der Waals surface area contributed by atoms with Crippen LogP contribution < -0.4 is 0 Å². The summed E-state index contributed by atoms with van der Waals surface area (Å²) in [5.41, 5.74) is 0. The van der Waals surface area contributed by atoms with Crippen molar-refractivity contribution in [1.29, 1.82) is 0 Å². The third-order valence-corrected chi connectivity index (χ3v) is 10.8. The van der Waals surface area contributed by atoms with E-state index in [9.17, 15) is 14.4 Å². The first-order chi connectivity index (χ1) is 29.0. The second kappa shape index (κ2) is 48.0. The zero-order chi connectivity index (χ0) is 43.0. The van der Waals surface area contributed by atoms with E-state index >= 15 is 0 Å². The van der Waals surface area contributed by atoms with E-state index in [-0.39, 0.29) is 31.1 Å². The van der Waals surface area contributed by atoms with E-state index in [1.54, 1.807) is 0 Å². The quantitative estimate of drug-likeness (QED) is 0.0263. The topological polar surface area (TPSA) is 78.9 Å². The largest absolute Gasteiger partial charge is 0.462 e. The average molecular weight is 827 g/mol. The number of hydrogen-bond donors (Lipinski definition) is 0. The van der Waals surface area contributed by atoms with Crippen molar-refractivity contribution in [3.05, 3.63) is 48.6 Å². The highest BCUT2D eigenvalue weighted by Gasteiger charge is 2.19. The Balaban J connectivity index is 4.37. The highest BCUT2D eigenvalue weighted by molar-refractivity contribution is 5.71. The van der Waals surface area contributed by atoms with Crippen LogP contribution in [0.25, 0.3) is 0 Å². The van der Waals surface area contributed by atoms with Crippen LogP contribution in [0.1, 0.15) is 252 Å². The first-order valence-electron chi connectivity index (χ1n) is 25.1. The molecule has 1 atom stereocenters. The first-order valence-corrected chi connectivity index (χ1v) is 25.1. The van der Waals surface area contributed by atoms with E-state index in [0.29, 0.717) is 19.3 Å². The van der Waals surface area contributed by atoms with Crippen molar-refractivity contribution in [3.8, 4) is 0 Å². The van der Waals surface area contributed by atoms with Gasteiger partial charge >= 0.3 is 17.9 Å². The molecule has 0 aromatic heterocycles. The smallest absolute Gasteiger partial charge is 0.306 e. The molecule has 342 valence electrons. The predicted molar refractivity (Wildman–Crippen MR) is 252 cm³/mol. The monoisotopic (exact) mass is 827 g/mol. The number of allylic oxidation sites excluding steroid dienone is 8. The first kappa shape index (κ1) is 56.4. The van der Waals surface area contributed by atoms with E-state index in [4.69, 9.17) is 14.2 Å². The SMILES string of the molecule is CCCCC/C=C\C/C=C\C/C=C\C/C=C\CCCCCC(=O)OC[C@@H](COC(=O)CCCCCCCCCCCCC)OC(=O)CCCCCCCCCCCCC. The van der Waals surface area contributed by atoms with Gasteiger partial charge in [-0.15, -0.1) is 0 Å². The lowest BCUT2D eigenvalue weighted by atomic mass is 10.1. The van der Waals surface area contributed by atoms with Crippen LogP contribution in [-0.2, 0) is 28.6 Å². The van der Waals surface area contributed by atoms with Crippen LogP contribution in [0.3, 0.4) is 0 Å². The standard InChI is InChI=1S/C53H94O6/c1-4-7-10-13-16-19-22-23-24-25-26-27-28-29-32-34-37-40-43-46-52(55)58-49-50(59-53(56)47-44-41-38-35-31-21-18-15-12-9-6-3)48-57-51(54)45-42-39-36-33-30-20-17-14-11-8-5-2/h16,19,23-24,26-27,29,32,50H,4-15,17-18,20-22,25,28,30-31,33-49H2,1-3H3/b19-16-,24-23-,27-26-,32-29-/t50-/m1/s1. The summed E-state index contributed by atoms with van der Waals surface area (Å²) in [5.74, 6) is -0.908. The van der Waals surface area contributed by atoms with Gasteiger partial charge in [0.2, 0.25) is 0 Å². The minimum Gasteiger partial charge on any atom is -0.462 e. The molecule has 0 heterocycles. The third kappa shape index (κ3) is 46.3. The summed E-state index contributed by atoms with van der Waals surface area (Å²) in [6, 6.07) is 0. The van der Waals surface area contributed by atoms with Crippen LogP contribution in [0.2, 0.25) is 0 Å². The molecule has 0 bridgehead atoms.